The maximum absolute atomic E-state index is 5.86. The quantitative estimate of drug-likeness (QED) is 0.0356. The Morgan fingerprint density at radius 3 is 0.841 bits per heavy atom. The fraction of sp³-hybridized carbons (Fsp3) is 0.471. The SMILES string of the molecule is CC.CC(c1ccc(OCC2CO2)cc1)(c1ccc(OCC2CO2)cc1)c1ccc(OCC2CO2)cc1.CCC.c1cc(N(CC2CO2)CC2CO2)ccc1Cc1ccc(N(CC2CO2)CC2CO2)cc1.c1ccc(OCC2CO2)cc1. The van der Waals surface area contributed by atoms with Crippen molar-refractivity contribution in [3.63, 3.8) is 0 Å². The summed E-state index contributed by atoms with van der Waals surface area (Å²) in [6.45, 7) is 23.5. The molecule has 438 valence electrons. The highest BCUT2D eigenvalue weighted by Crippen LogP contribution is 2.41. The average Bonchev–Trinajstić information content (AvgIpc) is 4.50. The molecule has 8 aliphatic heterocycles. The monoisotopic (exact) mass is 1120 g/mol. The second kappa shape index (κ2) is 29.4. The van der Waals surface area contributed by atoms with Crippen molar-refractivity contribution in [1.29, 1.82) is 0 Å². The molecule has 8 aliphatic rings. The minimum Gasteiger partial charge on any atom is -0.491 e. The van der Waals surface area contributed by atoms with Crippen molar-refractivity contribution in [2.45, 2.75) is 102 Å². The Balaban J connectivity index is 0.000000146. The summed E-state index contributed by atoms with van der Waals surface area (Å²) in [5, 5.41) is 0. The fourth-order valence-corrected chi connectivity index (χ4v) is 9.22. The van der Waals surface area contributed by atoms with Gasteiger partial charge in [0.1, 0.15) is 73.8 Å². The Morgan fingerprint density at radius 1 is 0.354 bits per heavy atom. The van der Waals surface area contributed by atoms with Crippen LogP contribution in [0.15, 0.2) is 152 Å². The van der Waals surface area contributed by atoms with E-state index in [4.69, 9.17) is 56.8 Å². The summed E-state index contributed by atoms with van der Waals surface area (Å²) >= 11 is 0. The molecule has 14 heteroatoms. The summed E-state index contributed by atoms with van der Waals surface area (Å²) in [5.41, 5.74) is 8.31. The summed E-state index contributed by atoms with van der Waals surface area (Å²) in [4.78, 5) is 4.80. The molecule has 0 spiro atoms. The van der Waals surface area contributed by atoms with E-state index in [1.54, 1.807) is 0 Å². The summed E-state index contributed by atoms with van der Waals surface area (Å²) in [7, 11) is 0. The number of epoxide rings is 8. The number of benzene rings is 6. The second-order valence-corrected chi connectivity index (χ2v) is 21.9. The third-order valence-corrected chi connectivity index (χ3v) is 14.7. The molecule has 6 aromatic carbocycles. The Morgan fingerprint density at radius 2 is 0.598 bits per heavy atom. The van der Waals surface area contributed by atoms with Crippen LogP contribution in [0.25, 0.3) is 0 Å². The minimum absolute atomic E-state index is 0.236. The van der Waals surface area contributed by atoms with Gasteiger partial charge in [0.15, 0.2) is 0 Å². The van der Waals surface area contributed by atoms with Crippen LogP contribution in [0.4, 0.5) is 11.4 Å². The van der Waals surface area contributed by atoms with E-state index in [0.717, 1.165) is 108 Å². The lowest BCUT2D eigenvalue weighted by Crippen LogP contribution is -2.31. The highest BCUT2D eigenvalue weighted by Gasteiger charge is 2.34. The molecule has 0 amide bonds. The van der Waals surface area contributed by atoms with Gasteiger partial charge in [-0.05, 0) is 114 Å². The third kappa shape index (κ3) is 19.5. The number of nitrogens with zero attached hydrogens (tertiary/aromatic N) is 2. The Hall–Kier alpha value is -6.20. The number of hydrogen-bond donors (Lipinski definition) is 0. The van der Waals surface area contributed by atoms with Crippen molar-refractivity contribution in [2.75, 3.05) is 115 Å². The van der Waals surface area contributed by atoms with Crippen LogP contribution in [0.1, 0.15) is 68.9 Å². The first-order valence-corrected chi connectivity index (χ1v) is 29.8. The molecule has 8 heterocycles. The fourth-order valence-electron chi connectivity index (χ4n) is 9.22. The van der Waals surface area contributed by atoms with Crippen molar-refractivity contribution >= 4 is 11.4 Å². The van der Waals surface area contributed by atoms with E-state index < -0.39 is 0 Å². The highest BCUT2D eigenvalue weighted by molar-refractivity contribution is 5.53. The lowest BCUT2D eigenvalue weighted by atomic mass is 9.71. The first kappa shape index (κ1) is 59.0. The largest absolute Gasteiger partial charge is 0.491 e. The molecule has 0 saturated carbocycles. The standard InChI is InChI=1S/C29H30O6.C25H30N2O4.C9H10O2.C3H8.C2H6/c1-29(20-2-8-23(9-3-20)30-14-26-17-33-26,21-4-10-24(11-5-21)31-15-27-18-34-27)22-6-12-25(13-7-22)32-16-28-19-35-28;1-5-20(26(10-22-14-28-22)11-23-15-29-23)6-2-18(1)9-19-3-7-21(8-4-19)27(12-24-16-30-24)13-25-17-31-25;1-2-4-8(5-3-1)10-6-9-7-11-9;1-3-2;1-2/h2-13,26-28H,14-19H2,1H3;1-8,22-25H,9-17H2;1-5,9H,6-7H2;3H2,1-2H3;1-2H3. The molecule has 0 aromatic heterocycles. The van der Waals surface area contributed by atoms with Crippen molar-refractivity contribution in [3.8, 4) is 23.0 Å². The van der Waals surface area contributed by atoms with Gasteiger partial charge in [-0.25, -0.2) is 0 Å². The van der Waals surface area contributed by atoms with E-state index in [1.807, 2.05) is 80.6 Å². The van der Waals surface area contributed by atoms with E-state index >= 15 is 0 Å². The first-order chi connectivity index (χ1) is 40.3. The van der Waals surface area contributed by atoms with Gasteiger partial charge in [-0.15, -0.1) is 0 Å². The summed E-state index contributed by atoms with van der Waals surface area (Å²) in [5.74, 6) is 3.47. The number of ether oxygens (including phenoxy) is 12. The highest BCUT2D eigenvalue weighted by atomic mass is 16.6. The Bertz CT molecular complexity index is 2530. The molecule has 0 radical (unpaired) electrons. The van der Waals surface area contributed by atoms with Gasteiger partial charge in [0.05, 0.1) is 77.3 Å². The van der Waals surface area contributed by atoms with Gasteiger partial charge in [0, 0.05) is 43.0 Å². The number of anilines is 2. The normalized spacial score (nSPS) is 23.7. The number of rotatable bonds is 27. The van der Waals surface area contributed by atoms with Gasteiger partial charge in [0.2, 0.25) is 0 Å². The van der Waals surface area contributed by atoms with Gasteiger partial charge < -0.3 is 66.6 Å². The molecule has 0 aliphatic carbocycles. The van der Waals surface area contributed by atoms with E-state index in [0.29, 0.717) is 56.9 Å². The second-order valence-electron chi connectivity index (χ2n) is 21.9. The zero-order valence-electron chi connectivity index (χ0n) is 48.6. The molecule has 8 unspecified atom stereocenters. The predicted octanol–water partition coefficient (Wildman–Crippen LogP) is 10.8. The molecular formula is C68H84N2O12. The molecule has 0 N–H and O–H groups in total. The smallest absolute Gasteiger partial charge is 0.119 e. The van der Waals surface area contributed by atoms with Crippen LogP contribution in [-0.2, 0) is 49.7 Å². The van der Waals surface area contributed by atoms with E-state index in [1.165, 1.54) is 45.6 Å². The molecule has 8 fully saturated rings. The zero-order chi connectivity index (χ0) is 56.5. The van der Waals surface area contributed by atoms with Crippen LogP contribution in [0.5, 0.6) is 23.0 Å². The lowest BCUT2D eigenvalue weighted by Gasteiger charge is -2.32. The number of para-hydroxylation sites is 1. The van der Waals surface area contributed by atoms with E-state index in [9.17, 15) is 0 Å². The predicted molar refractivity (Wildman–Crippen MR) is 319 cm³/mol. The van der Waals surface area contributed by atoms with Crippen LogP contribution in [0, 0.1) is 0 Å². The molecule has 14 nitrogen and oxygen atoms in total. The van der Waals surface area contributed by atoms with Crippen molar-refractivity contribution in [1.82, 2.24) is 0 Å². The molecule has 6 aromatic rings. The van der Waals surface area contributed by atoms with Crippen molar-refractivity contribution < 1.29 is 56.8 Å². The summed E-state index contributed by atoms with van der Waals surface area (Å²) in [6, 6.07) is 52.8. The number of hydrogen-bond acceptors (Lipinski definition) is 14. The maximum atomic E-state index is 5.86. The zero-order valence-corrected chi connectivity index (χ0v) is 48.6. The van der Waals surface area contributed by atoms with Gasteiger partial charge in [-0.2, -0.15) is 0 Å². The van der Waals surface area contributed by atoms with Crippen molar-refractivity contribution in [3.05, 3.63) is 179 Å². The minimum atomic E-state index is -0.381. The van der Waals surface area contributed by atoms with Crippen LogP contribution < -0.4 is 28.7 Å². The Kier molecular flexibility index (Phi) is 21.1. The third-order valence-electron chi connectivity index (χ3n) is 14.7. The molecule has 8 saturated heterocycles. The Labute approximate surface area is 485 Å². The van der Waals surface area contributed by atoms with Gasteiger partial charge >= 0.3 is 0 Å². The van der Waals surface area contributed by atoms with Crippen LogP contribution in [0.3, 0.4) is 0 Å². The van der Waals surface area contributed by atoms with Crippen LogP contribution in [-0.4, -0.2) is 154 Å². The summed E-state index contributed by atoms with van der Waals surface area (Å²) in [6.07, 6.45) is 4.77. The molecular weight excluding hydrogens is 1040 g/mol. The molecule has 82 heavy (non-hydrogen) atoms. The van der Waals surface area contributed by atoms with Gasteiger partial charge in [0.25, 0.3) is 0 Å². The van der Waals surface area contributed by atoms with Crippen LogP contribution in [0.2, 0.25) is 0 Å². The van der Waals surface area contributed by atoms with Gasteiger partial charge in [-0.1, -0.05) is 113 Å². The summed E-state index contributed by atoms with van der Waals surface area (Å²) < 4.78 is 65.5. The molecule has 0 bridgehead atoms. The lowest BCUT2D eigenvalue weighted by molar-refractivity contribution is 0.262. The van der Waals surface area contributed by atoms with Crippen LogP contribution >= 0.6 is 0 Å². The molecule has 14 rings (SSSR count). The van der Waals surface area contributed by atoms with E-state index in [2.05, 4.69) is 116 Å². The average molecular weight is 1120 g/mol. The van der Waals surface area contributed by atoms with Gasteiger partial charge in [-0.3, -0.25) is 0 Å². The van der Waals surface area contributed by atoms with Crippen molar-refractivity contribution in [2.24, 2.45) is 0 Å². The molecule has 8 atom stereocenters. The van der Waals surface area contributed by atoms with E-state index in [-0.39, 0.29) is 23.7 Å². The maximum Gasteiger partial charge on any atom is 0.119 e. The topological polar surface area (TPSA) is 144 Å². The first-order valence-electron chi connectivity index (χ1n) is 29.8.